The Balaban J connectivity index is 1.64. The summed E-state index contributed by atoms with van der Waals surface area (Å²) < 4.78 is 28.1. The number of ketones is 1. The molecule has 0 aliphatic carbocycles. The van der Waals surface area contributed by atoms with Crippen LogP contribution in [0, 0.1) is 0 Å². The van der Waals surface area contributed by atoms with Gasteiger partial charge < -0.3 is 33.4 Å². The van der Waals surface area contributed by atoms with Crippen molar-refractivity contribution in [2.75, 3.05) is 26.4 Å². The molecule has 1 aromatic heterocycles. The maximum atomic E-state index is 13.4. The van der Waals surface area contributed by atoms with Crippen LogP contribution in [0.3, 0.4) is 0 Å². The van der Waals surface area contributed by atoms with Gasteiger partial charge in [-0.1, -0.05) is 6.07 Å². The Morgan fingerprint density at radius 1 is 0.973 bits per heavy atom. The number of Topliss-reactive ketones (excluding diaryl/α,β-unsaturated/α-hetero) is 1. The second-order valence-electron chi connectivity index (χ2n) is 8.44. The minimum atomic E-state index is -0.895. The predicted octanol–water partition coefficient (Wildman–Crippen LogP) is 4.47. The first-order chi connectivity index (χ1) is 18.0. The van der Waals surface area contributed by atoms with E-state index in [4.69, 9.17) is 23.4 Å². The van der Waals surface area contributed by atoms with Gasteiger partial charge in [0.05, 0.1) is 37.6 Å². The van der Waals surface area contributed by atoms with E-state index in [2.05, 4.69) is 0 Å². The Bertz CT molecular complexity index is 1340. The van der Waals surface area contributed by atoms with Crippen LogP contribution in [0.1, 0.15) is 36.8 Å². The first kappa shape index (κ1) is 24.3. The van der Waals surface area contributed by atoms with Gasteiger partial charge in [-0.2, -0.15) is 0 Å². The lowest BCUT2D eigenvalue weighted by atomic mass is 9.94. The summed E-state index contributed by atoms with van der Waals surface area (Å²) in [5.74, 6) is 0.675. The van der Waals surface area contributed by atoms with Gasteiger partial charge in [-0.15, -0.1) is 0 Å². The van der Waals surface area contributed by atoms with Crippen LogP contribution >= 0.6 is 0 Å². The highest BCUT2D eigenvalue weighted by Gasteiger charge is 2.46. The second-order valence-corrected chi connectivity index (χ2v) is 8.44. The number of benzene rings is 2. The minimum absolute atomic E-state index is 0.0390. The van der Waals surface area contributed by atoms with Crippen molar-refractivity contribution in [2.45, 2.75) is 26.4 Å². The topological polar surface area (TPSA) is 108 Å². The van der Waals surface area contributed by atoms with Crippen molar-refractivity contribution in [3.05, 3.63) is 77.3 Å². The molecule has 1 amide bonds. The number of aliphatic hydroxyl groups excluding tert-OH is 1. The summed E-state index contributed by atoms with van der Waals surface area (Å²) in [4.78, 5) is 28.0. The van der Waals surface area contributed by atoms with Gasteiger partial charge >= 0.3 is 0 Å². The second kappa shape index (κ2) is 10.3. The zero-order valence-electron chi connectivity index (χ0n) is 20.6. The third-order valence-corrected chi connectivity index (χ3v) is 6.15. The number of fused-ring (bicyclic) bond motifs is 1. The largest absolute Gasteiger partial charge is 0.507 e. The number of rotatable bonds is 8. The molecule has 192 valence electrons. The molecule has 5 rings (SSSR count). The Hall–Kier alpha value is -4.40. The van der Waals surface area contributed by atoms with E-state index in [1.807, 2.05) is 13.8 Å². The molecule has 9 heteroatoms. The van der Waals surface area contributed by atoms with E-state index in [0.717, 1.165) is 0 Å². The predicted molar refractivity (Wildman–Crippen MR) is 133 cm³/mol. The number of ether oxygens (including phenoxy) is 4. The normalized spacial score (nSPS) is 18.2. The van der Waals surface area contributed by atoms with E-state index in [1.54, 1.807) is 48.5 Å². The third-order valence-electron chi connectivity index (χ3n) is 6.15. The highest BCUT2D eigenvalue weighted by atomic mass is 16.6. The smallest absolute Gasteiger partial charge is 0.296 e. The lowest BCUT2D eigenvalue weighted by molar-refractivity contribution is -0.140. The van der Waals surface area contributed by atoms with Gasteiger partial charge in [-0.05, 0) is 61.9 Å². The molecular weight excluding hydrogens is 478 g/mol. The molecule has 1 atom stereocenters. The summed E-state index contributed by atoms with van der Waals surface area (Å²) in [6.45, 7) is 5.40. The summed E-state index contributed by atoms with van der Waals surface area (Å²) in [5, 5.41) is 11.4. The highest BCUT2D eigenvalue weighted by molar-refractivity contribution is 6.46. The van der Waals surface area contributed by atoms with Crippen molar-refractivity contribution in [3.8, 4) is 23.0 Å². The van der Waals surface area contributed by atoms with Crippen LogP contribution in [-0.2, 0) is 16.1 Å². The minimum Gasteiger partial charge on any atom is -0.507 e. The number of nitrogens with zero attached hydrogens (tertiary/aromatic N) is 1. The van der Waals surface area contributed by atoms with Crippen molar-refractivity contribution in [1.29, 1.82) is 0 Å². The SMILES string of the molecule is CCOc1ccc([C@@H]2/C(=C(\O)c3ccc4c(c3)OCCO4)C(=O)C(=O)N2Cc2ccco2)cc1OCC. The average molecular weight is 506 g/mol. The molecule has 1 N–H and O–H groups in total. The Kier molecular flexibility index (Phi) is 6.76. The highest BCUT2D eigenvalue weighted by Crippen LogP contribution is 2.43. The third kappa shape index (κ3) is 4.60. The maximum absolute atomic E-state index is 13.4. The zero-order chi connectivity index (χ0) is 25.9. The van der Waals surface area contributed by atoms with Gasteiger partial charge in [0.15, 0.2) is 23.0 Å². The van der Waals surface area contributed by atoms with Crippen LogP contribution in [0.4, 0.5) is 0 Å². The molecule has 1 saturated heterocycles. The Labute approximate surface area is 213 Å². The molecule has 3 heterocycles. The summed E-state index contributed by atoms with van der Waals surface area (Å²) in [6, 6.07) is 12.7. The first-order valence-electron chi connectivity index (χ1n) is 12.1. The number of hydrogen-bond acceptors (Lipinski definition) is 8. The fraction of sp³-hybridized carbons (Fsp3) is 0.286. The van der Waals surface area contributed by atoms with E-state index in [9.17, 15) is 14.7 Å². The fourth-order valence-corrected chi connectivity index (χ4v) is 4.54. The van der Waals surface area contributed by atoms with Gasteiger partial charge in [-0.3, -0.25) is 9.59 Å². The van der Waals surface area contributed by atoms with E-state index < -0.39 is 17.7 Å². The molecule has 3 aromatic rings. The van der Waals surface area contributed by atoms with Crippen LogP contribution in [0.5, 0.6) is 23.0 Å². The van der Waals surface area contributed by atoms with Crippen molar-refractivity contribution >= 4 is 17.4 Å². The number of likely N-dealkylation sites (tertiary alicyclic amines) is 1. The summed E-state index contributed by atoms with van der Waals surface area (Å²) in [6.07, 6.45) is 1.50. The van der Waals surface area contributed by atoms with Crippen LogP contribution in [0.25, 0.3) is 5.76 Å². The number of hydrogen-bond donors (Lipinski definition) is 1. The molecule has 2 aliphatic heterocycles. The molecule has 0 spiro atoms. The lowest BCUT2D eigenvalue weighted by Crippen LogP contribution is -2.29. The number of furan rings is 1. The summed E-state index contributed by atoms with van der Waals surface area (Å²) in [5.41, 5.74) is 0.873. The van der Waals surface area contributed by atoms with E-state index >= 15 is 0 Å². The number of amides is 1. The van der Waals surface area contributed by atoms with Gasteiger partial charge in [0.25, 0.3) is 11.7 Å². The van der Waals surface area contributed by atoms with Crippen LogP contribution in [0.2, 0.25) is 0 Å². The van der Waals surface area contributed by atoms with Gasteiger partial charge in [0.2, 0.25) is 0 Å². The number of aliphatic hydroxyl groups is 1. The van der Waals surface area contributed by atoms with Crippen molar-refractivity contribution in [1.82, 2.24) is 4.90 Å². The summed E-state index contributed by atoms with van der Waals surface area (Å²) in [7, 11) is 0. The van der Waals surface area contributed by atoms with E-state index in [1.165, 1.54) is 11.2 Å². The Morgan fingerprint density at radius 2 is 1.73 bits per heavy atom. The van der Waals surface area contributed by atoms with Crippen molar-refractivity contribution in [2.24, 2.45) is 0 Å². The van der Waals surface area contributed by atoms with E-state index in [-0.39, 0.29) is 17.9 Å². The fourth-order valence-electron chi connectivity index (χ4n) is 4.54. The quantitative estimate of drug-likeness (QED) is 0.271. The first-order valence-corrected chi connectivity index (χ1v) is 12.1. The number of carbonyl (C=O) groups is 2. The number of carbonyl (C=O) groups excluding carboxylic acids is 2. The monoisotopic (exact) mass is 505 g/mol. The standard InChI is InChI=1S/C28H27NO8/c1-3-33-20-9-7-17(14-22(20)34-4-2)25-24(27(31)28(32)29(25)16-19-6-5-11-35-19)26(30)18-8-10-21-23(15-18)37-13-12-36-21/h5-11,14-15,25,30H,3-4,12-13,16H2,1-2H3/b26-24+/t25-/m1/s1. The van der Waals surface area contributed by atoms with Crippen molar-refractivity contribution in [3.63, 3.8) is 0 Å². The zero-order valence-corrected chi connectivity index (χ0v) is 20.6. The molecule has 2 aliphatic rings. The molecule has 0 bridgehead atoms. The van der Waals surface area contributed by atoms with Crippen LogP contribution in [0.15, 0.2) is 64.8 Å². The van der Waals surface area contributed by atoms with Gasteiger partial charge in [0.1, 0.15) is 24.7 Å². The molecular formula is C28H27NO8. The van der Waals surface area contributed by atoms with Crippen LogP contribution in [-0.4, -0.2) is 48.1 Å². The Morgan fingerprint density at radius 3 is 2.46 bits per heavy atom. The molecule has 9 nitrogen and oxygen atoms in total. The average Bonchev–Trinajstić information content (AvgIpc) is 3.52. The maximum Gasteiger partial charge on any atom is 0.296 e. The molecule has 1 fully saturated rings. The van der Waals surface area contributed by atoms with E-state index in [0.29, 0.717) is 66.3 Å². The molecule has 37 heavy (non-hydrogen) atoms. The van der Waals surface area contributed by atoms with Gasteiger partial charge in [0, 0.05) is 5.56 Å². The molecule has 2 aromatic carbocycles. The van der Waals surface area contributed by atoms with Crippen molar-refractivity contribution < 1.29 is 38.1 Å². The lowest BCUT2D eigenvalue weighted by Gasteiger charge is -2.25. The molecule has 0 saturated carbocycles. The summed E-state index contributed by atoms with van der Waals surface area (Å²) >= 11 is 0. The molecule has 0 radical (unpaired) electrons. The molecule has 0 unspecified atom stereocenters. The van der Waals surface area contributed by atoms with Gasteiger partial charge in [-0.25, -0.2) is 0 Å². The van der Waals surface area contributed by atoms with Crippen LogP contribution < -0.4 is 18.9 Å².